The molecular formula is C15H29N5. The highest BCUT2D eigenvalue weighted by Crippen LogP contribution is 2.15. The third-order valence-electron chi connectivity index (χ3n) is 3.21. The molecule has 0 aliphatic carbocycles. The van der Waals surface area contributed by atoms with Crippen molar-refractivity contribution >= 4 is 11.6 Å². The summed E-state index contributed by atoms with van der Waals surface area (Å²) in [5.41, 5.74) is 2.61. The van der Waals surface area contributed by atoms with Gasteiger partial charge in [-0.25, -0.2) is 15.8 Å². The molecule has 0 amide bonds. The standard InChI is InChI=1S/C15H29N5/c1-5-7-13-18-14(10-15(19-13)20-16)17-12(4)9-6-8-11(2)3/h10-12H,5-9,16H2,1-4H3,(H2,17,18,19,20). The minimum absolute atomic E-state index is 0.406. The fourth-order valence-corrected chi connectivity index (χ4v) is 2.14. The summed E-state index contributed by atoms with van der Waals surface area (Å²) in [7, 11) is 0. The van der Waals surface area contributed by atoms with Crippen LogP contribution in [0.1, 0.15) is 59.2 Å². The Morgan fingerprint density at radius 1 is 1.15 bits per heavy atom. The summed E-state index contributed by atoms with van der Waals surface area (Å²) in [5, 5.41) is 3.44. The summed E-state index contributed by atoms with van der Waals surface area (Å²) in [6, 6.07) is 2.27. The average Bonchev–Trinajstić information content (AvgIpc) is 2.38. The Hall–Kier alpha value is -1.36. The smallest absolute Gasteiger partial charge is 0.145 e. The second-order valence-corrected chi connectivity index (χ2v) is 5.82. The topological polar surface area (TPSA) is 75.9 Å². The highest BCUT2D eigenvalue weighted by atomic mass is 15.3. The Balaban J connectivity index is 2.58. The van der Waals surface area contributed by atoms with Crippen LogP contribution in [0.2, 0.25) is 0 Å². The number of hydrogen-bond acceptors (Lipinski definition) is 5. The lowest BCUT2D eigenvalue weighted by Crippen LogP contribution is -2.18. The lowest BCUT2D eigenvalue weighted by Gasteiger charge is -2.16. The number of nitrogen functional groups attached to an aromatic ring is 1. The molecule has 5 heteroatoms. The molecule has 1 atom stereocenters. The summed E-state index contributed by atoms with van der Waals surface area (Å²) in [4.78, 5) is 8.88. The first-order valence-corrected chi connectivity index (χ1v) is 7.66. The second-order valence-electron chi connectivity index (χ2n) is 5.82. The molecule has 0 bridgehead atoms. The zero-order valence-electron chi connectivity index (χ0n) is 13.2. The number of hydrogen-bond donors (Lipinski definition) is 3. The largest absolute Gasteiger partial charge is 0.367 e. The number of rotatable bonds is 9. The summed E-state index contributed by atoms with van der Waals surface area (Å²) >= 11 is 0. The summed E-state index contributed by atoms with van der Waals surface area (Å²) in [6.45, 7) is 8.84. The predicted molar refractivity (Wildman–Crippen MR) is 85.6 cm³/mol. The van der Waals surface area contributed by atoms with E-state index in [-0.39, 0.29) is 0 Å². The molecule has 5 nitrogen and oxygen atoms in total. The Morgan fingerprint density at radius 3 is 2.45 bits per heavy atom. The molecule has 0 aromatic carbocycles. The highest BCUT2D eigenvalue weighted by Gasteiger charge is 2.07. The zero-order chi connectivity index (χ0) is 15.0. The summed E-state index contributed by atoms with van der Waals surface area (Å²) in [6.07, 6.45) is 5.55. The van der Waals surface area contributed by atoms with Gasteiger partial charge in [-0.15, -0.1) is 0 Å². The van der Waals surface area contributed by atoms with Crippen molar-refractivity contribution in [3.8, 4) is 0 Å². The molecule has 0 aliphatic heterocycles. The SMILES string of the molecule is CCCc1nc(NN)cc(NC(C)CCCC(C)C)n1. The molecule has 1 heterocycles. The van der Waals surface area contributed by atoms with Gasteiger partial charge in [0.1, 0.15) is 17.5 Å². The number of nitrogens with two attached hydrogens (primary N) is 1. The minimum Gasteiger partial charge on any atom is -0.367 e. The molecule has 0 saturated heterocycles. The molecule has 1 unspecified atom stereocenters. The number of nitrogens with zero attached hydrogens (tertiary/aromatic N) is 2. The quantitative estimate of drug-likeness (QED) is 0.477. The third kappa shape index (κ3) is 6.19. The first-order chi connectivity index (χ1) is 9.55. The third-order valence-corrected chi connectivity index (χ3v) is 3.21. The maximum absolute atomic E-state index is 5.46. The van der Waals surface area contributed by atoms with E-state index in [1.807, 2.05) is 6.07 Å². The fourth-order valence-electron chi connectivity index (χ4n) is 2.14. The van der Waals surface area contributed by atoms with Crippen LogP contribution in [0, 0.1) is 5.92 Å². The van der Waals surface area contributed by atoms with Gasteiger partial charge in [0, 0.05) is 18.5 Å². The Labute approximate surface area is 122 Å². The van der Waals surface area contributed by atoms with E-state index in [2.05, 4.69) is 48.4 Å². The molecule has 1 aromatic rings. The van der Waals surface area contributed by atoms with Crippen molar-refractivity contribution in [3.63, 3.8) is 0 Å². The maximum atomic E-state index is 5.46. The van der Waals surface area contributed by atoms with Crippen molar-refractivity contribution in [2.75, 3.05) is 10.7 Å². The van der Waals surface area contributed by atoms with E-state index >= 15 is 0 Å². The van der Waals surface area contributed by atoms with Crippen LogP contribution < -0.4 is 16.6 Å². The van der Waals surface area contributed by atoms with Gasteiger partial charge >= 0.3 is 0 Å². The lowest BCUT2D eigenvalue weighted by atomic mass is 10.0. The second kappa shape index (κ2) is 8.74. The molecule has 4 N–H and O–H groups in total. The van der Waals surface area contributed by atoms with E-state index in [0.29, 0.717) is 11.9 Å². The number of aromatic nitrogens is 2. The monoisotopic (exact) mass is 279 g/mol. The molecule has 0 fully saturated rings. The van der Waals surface area contributed by atoms with E-state index in [0.717, 1.165) is 36.8 Å². The van der Waals surface area contributed by atoms with E-state index in [1.165, 1.54) is 12.8 Å². The molecule has 1 rings (SSSR count). The van der Waals surface area contributed by atoms with E-state index in [1.54, 1.807) is 0 Å². The molecule has 1 aromatic heterocycles. The number of anilines is 2. The molecule has 0 aliphatic rings. The Morgan fingerprint density at radius 2 is 1.85 bits per heavy atom. The van der Waals surface area contributed by atoms with Gasteiger partial charge in [0.2, 0.25) is 0 Å². The number of hydrazine groups is 1. The van der Waals surface area contributed by atoms with E-state index in [4.69, 9.17) is 5.84 Å². The van der Waals surface area contributed by atoms with Crippen molar-refractivity contribution in [2.24, 2.45) is 11.8 Å². The van der Waals surface area contributed by atoms with Crippen LogP contribution in [0.5, 0.6) is 0 Å². The van der Waals surface area contributed by atoms with Gasteiger partial charge in [-0.05, 0) is 25.7 Å². The van der Waals surface area contributed by atoms with Crippen LogP contribution in [0.25, 0.3) is 0 Å². The van der Waals surface area contributed by atoms with Crippen molar-refractivity contribution in [1.82, 2.24) is 9.97 Å². The van der Waals surface area contributed by atoms with Crippen LogP contribution in [0.3, 0.4) is 0 Å². The number of nitrogens with one attached hydrogen (secondary N) is 2. The van der Waals surface area contributed by atoms with E-state index in [9.17, 15) is 0 Å². The van der Waals surface area contributed by atoms with Crippen molar-refractivity contribution in [3.05, 3.63) is 11.9 Å². The van der Waals surface area contributed by atoms with E-state index < -0.39 is 0 Å². The van der Waals surface area contributed by atoms with Crippen molar-refractivity contribution < 1.29 is 0 Å². The molecule has 114 valence electrons. The zero-order valence-corrected chi connectivity index (χ0v) is 13.2. The Kier molecular flexibility index (Phi) is 7.30. The molecule has 0 saturated carbocycles. The van der Waals surface area contributed by atoms with Gasteiger partial charge in [-0.3, -0.25) is 0 Å². The first kappa shape index (κ1) is 16.7. The van der Waals surface area contributed by atoms with Crippen molar-refractivity contribution in [1.29, 1.82) is 0 Å². The van der Waals surface area contributed by atoms with Gasteiger partial charge < -0.3 is 10.7 Å². The van der Waals surface area contributed by atoms with Crippen LogP contribution in [0.15, 0.2) is 6.07 Å². The van der Waals surface area contributed by atoms with Crippen LogP contribution in [-0.4, -0.2) is 16.0 Å². The highest BCUT2D eigenvalue weighted by molar-refractivity contribution is 5.47. The lowest BCUT2D eigenvalue weighted by molar-refractivity contribution is 0.520. The predicted octanol–water partition coefficient (Wildman–Crippen LogP) is 3.34. The molecule has 0 radical (unpaired) electrons. The normalized spacial score (nSPS) is 12.5. The molecule has 0 spiro atoms. The van der Waals surface area contributed by atoms with Gasteiger partial charge in [0.25, 0.3) is 0 Å². The minimum atomic E-state index is 0.406. The summed E-state index contributed by atoms with van der Waals surface area (Å²) in [5.74, 6) is 8.58. The fraction of sp³-hybridized carbons (Fsp3) is 0.733. The van der Waals surface area contributed by atoms with Gasteiger partial charge in [0.05, 0.1) is 0 Å². The van der Waals surface area contributed by atoms with Crippen LogP contribution in [-0.2, 0) is 6.42 Å². The van der Waals surface area contributed by atoms with Gasteiger partial charge in [-0.1, -0.05) is 33.6 Å². The molecular weight excluding hydrogens is 250 g/mol. The van der Waals surface area contributed by atoms with Gasteiger partial charge in [-0.2, -0.15) is 0 Å². The summed E-state index contributed by atoms with van der Waals surface area (Å²) < 4.78 is 0. The molecule has 20 heavy (non-hydrogen) atoms. The van der Waals surface area contributed by atoms with Crippen LogP contribution in [0.4, 0.5) is 11.6 Å². The average molecular weight is 279 g/mol. The maximum Gasteiger partial charge on any atom is 0.145 e. The first-order valence-electron chi connectivity index (χ1n) is 7.66. The Bertz CT molecular complexity index is 392. The number of aryl methyl sites for hydroxylation is 1. The van der Waals surface area contributed by atoms with Gasteiger partial charge in [0.15, 0.2) is 0 Å². The van der Waals surface area contributed by atoms with Crippen LogP contribution >= 0.6 is 0 Å². The van der Waals surface area contributed by atoms with Crippen molar-refractivity contribution in [2.45, 2.75) is 65.8 Å².